The highest BCUT2D eigenvalue weighted by atomic mass is 16.5. The average Bonchev–Trinajstić information content (AvgIpc) is 2.71. The van der Waals surface area contributed by atoms with Gasteiger partial charge in [0.2, 0.25) is 0 Å². The third-order valence-corrected chi connectivity index (χ3v) is 5.70. The molecule has 0 aromatic carbocycles. The molecule has 33 heavy (non-hydrogen) atoms. The molecule has 0 heterocycles. The fourth-order valence-corrected chi connectivity index (χ4v) is 3.40. The van der Waals surface area contributed by atoms with Crippen LogP contribution in [0.15, 0.2) is 23.3 Å². The maximum Gasteiger partial charge on any atom is 0.320 e. The minimum Gasteiger partial charge on any atom is -0.465 e. The van der Waals surface area contributed by atoms with Crippen molar-refractivity contribution >= 4 is 11.9 Å². The molecule has 0 bridgehead atoms. The normalized spacial score (nSPS) is 12.7. The second kappa shape index (κ2) is 19.8. The molecule has 0 rings (SSSR count). The van der Waals surface area contributed by atoms with Crippen molar-refractivity contribution in [3.63, 3.8) is 0 Å². The van der Waals surface area contributed by atoms with Crippen LogP contribution in [0.25, 0.3) is 0 Å². The Kier molecular flexibility index (Phi) is 18.8. The van der Waals surface area contributed by atoms with Crippen LogP contribution in [0.4, 0.5) is 0 Å². The summed E-state index contributed by atoms with van der Waals surface area (Å²) in [4.78, 5) is 26.5. The molecule has 2 atom stereocenters. The van der Waals surface area contributed by atoms with Crippen molar-refractivity contribution < 1.29 is 19.1 Å². The first-order valence-corrected chi connectivity index (χ1v) is 12.9. The molecule has 5 nitrogen and oxygen atoms in total. The van der Waals surface area contributed by atoms with E-state index in [1.807, 2.05) is 4.90 Å². The number of unbranched alkanes of at least 4 members (excludes halogenated alkanes) is 1. The number of hydrogen-bond acceptors (Lipinski definition) is 5. The van der Waals surface area contributed by atoms with Gasteiger partial charge in [0, 0.05) is 0 Å². The second-order valence-corrected chi connectivity index (χ2v) is 10.0. The number of nitrogens with zero attached hydrogens (tertiary/aromatic N) is 1. The van der Waals surface area contributed by atoms with E-state index in [0.717, 1.165) is 51.4 Å². The fraction of sp³-hybridized carbons (Fsp3) is 0.786. The van der Waals surface area contributed by atoms with Gasteiger partial charge in [-0.1, -0.05) is 50.5 Å². The summed E-state index contributed by atoms with van der Waals surface area (Å²) in [5, 5.41) is 0. The molecule has 0 spiro atoms. The Bertz CT molecular complexity index is 541. The van der Waals surface area contributed by atoms with Gasteiger partial charge in [0.25, 0.3) is 0 Å². The minimum absolute atomic E-state index is 0.139. The minimum atomic E-state index is -0.261. The molecule has 192 valence electrons. The number of allylic oxidation sites excluding steroid dienone is 4. The van der Waals surface area contributed by atoms with Crippen LogP contribution in [0, 0.1) is 11.8 Å². The molecule has 0 aliphatic carbocycles. The topological polar surface area (TPSA) is 55.8 Å². The van der Waals surface area contributed by atoms with Gasteiger partial charge < -0.3 is 9.47 Å². The highest BCUT2D eigenvalue weighted by Crippen LogP contribution is 2.13. The molecule has 2 unspecified atom stereocenters. The predicted molar refractivity (Wildman–Crippen MR) is 138 cm³/mol. The summed E-state index contributed by atoms with van der Waals surface area (Å²) < 4.78 is 10.9. The molecule has 0 radical (unpaired) electrons. The van der Waals surface area contributed by atoms with Gasteiger partial charge in [-0.25, -0.2) is 0 Å². The molecule has 0 aromatic heterocycles. The summed E-state index contributed by atoms with van der Waals surface area (Å²) >= 11 is 0. The lowest BCUT2D eigenvalue weighted by Gasteiger charge is -2.20. The van der Waals surface area contributed by atoms with Crippen LogP contribution >= 0.6 is 0 Å². The highest BCUT2D eigenvalue weighted by molar-refractivity contribution is 5.75. The molecule has 0 amide bonds. The molecular weight excluding hydrogens is 414 g/mol. The van der Waals surface area contributed by atoms with Gasteiger partial charge >= 0.3 is 11.9 Å². The summed E-state index contributed by atoms with van der Waals surface area (Å²) in [5.74, 6) is 0.513. The van der Waals surface area contributed by atoms with E-state index < -0.39 is 0 Å². The van der Waals surface area contributed by atoms with Crippen LogP contribution < -0.4 is 0 Å². The second-order valence-electron chi connectivity index (χ2n) is 10.0. The van der Waals surface area contributed by atoms with E-state index in [-0.39, 0.29) is 25.0 Å². The SMILES string of the molecule is CCCCN(CC(=O)OCCC(C)CCC=C(C)C)CC(=O)OCCC(C)CCC=C(C)C. The van der Waals surface area contributed by atoms with Crippen molar-refractivity contribution in [3.05, 3.63) is 23.3 Å². The van der Waals surface area contributed by atoms with Crippen molar-refractivity contribution in [2.24, 2.45) is 11.8 Å². The molecular formula is C28H51NO4. The first kappa shape index (κ1) is 31.4. The standard InChI is InChI=1S/C28H51NO4/c1-8-9-18-29(21-27(30)32-19-16-25(6)14-10-12-23(2)3)22-28(31)33-20-17-26(7)15-11-13-24(4)5/h12-13,25-26H,8-11,14-22H2,1-7H3. The Morgan fingerprint density at radius 2 is 1.18 bits per heavy atom. The lowest BCUT2D eigenvalue weighted by atomic mass is 10.0. The molecule has 0 aromatic rings. The van der Waals surface area contributed by atoms with E-state index in [0.29, 0.717) is 31.6 Å². The first-order valence-electron chi connectivity index (χ1n) is 12.9. The van der Waals surface area contributed by atoms with Crippen LogP contribution in [0.1, 0.15) is 99.8 Å². The summed E-state index contributed by atoms with van der Waals surface area (Å²) in [5.41, 5.74) is 2.68. The Balaban J connectivity index is 4.25. The Morgan fingerprint density at radius 1 is 0.758 bits per heavy atom. The van der Waals surface area contributed by atoms with Crippen LogP contribution in [0.2, 0.25) is 0 Å². The lowest BCUT2D eigenvalue weighted by Crippen LogP contribution is -2.37. The lowest BCUT2D eigenvalue weighted by molar-refractivity contribution is -0.149. The zero-order valence-electron chi connectivity index (χ0n) is 22.6. The van der Waals surface area contributed by atoms with Gasteiger partial charge in [0.15, 0.2) is 0 Å². The first-order chi connectivity index (χ1) is 15.6. The van der Waals surface area contributed by atoms with Gasteiger partial charge in [-0.05, 0) is 91.0 Å². The summed E-state index contributed by atoms with van der Waals surface area (Å²) in [6.07, 6.45) is 12.5. The molecule has 0 N–H and O–H groups in total. The van der Waals surface area contributed by atoms with E-state index in [9.17, 15) is 9.59 Å². The van der Waals surface area contributed by atoms with Crippen molar-refractivity contribution in [3.8, 4) is 0 Å². The van der Waals surface area contributed by atoms with Crippen molar-refractivity contribution in [1.29, 1.82) is 0 Å². The quantitative estimate of drug-likeness (QED) is 0.156. The Morgan fingerprint density at radius 3 is 1.55 bits per heavy atom. The summed E-state index contributed by atoms with van der Waals surface area (Å²) in [7, 11) is 0. The Labute approximate surface area is 204 Å². The smallest absolute Gasteiger partial charge is 0.320 e. The van der Waals surface area contributed by atoms with E-state index in [2.05, 4.69) is 60.6 Å². The molecule has 0 fully saturated rings. The van der Waals surface area contributed by atoms with Gasteiger partial charge in [-0.3, -0.25) is 14.5 Å². The largest absolute Gasteiger partial charge is 0.465 e. The van der Waals surface area contributed by atoms with Crippen molar-refractivity contribution in [2.45, 2.75) is 99.8 Å². The van der Waals surface area contributed by atoms with Crippen LogP contribution in [0.5, 0.6) is 0 Å². The maximum atomic E-state index is 12.3. The van der Waals surface area contributed by atoms with Crippen LogP contribution in [-0.4, -0.2) is 49.7 Å². The van der Waals surface area contributed by atoms with E-state index in [4.69, 9.17) is 9.47 Å². The molecule has 0 saturated carbocycles. The number of esters is 2. The van der Waals surface area contributed by atoms with E-state index >= 15 is 0 Å². The third kappa shape index (κ3) is 20.7. The fourth-order valence-electron chi connectivity index (χ4n) is 3.40. The Hall–Kier alpha value is -1.62. The number of ether oxygens (including phenoxy) is 2. The molecule has 0 saturated heterocycles. The van der Waals surface area contributed by atoms with E-state index in [1.54, 1.807) is 0 Å². The van der Waals surface area contributed by atoms with Gasteiger partial charge in [0.1, 0.15) is 0 Å². The van der Waals surface area contributed by atoms with Crippen molar-refractivity contribution in [1.82, 2.24) is 4.90 Å². The third-order valence-electron chi connectivity index (χ3n) is 5.70. The van der Waals surface area contributed by atoms with Crippen LogP contribution in [0.3, 0.4) is 0 Å². The average molecular weight is 466 g/mol. The molecule has 0 aliphatic heterocycles. The zero-order valence-corrected chi connectivity index (χ0v) is 22.6. The van der Waals surface area contributed by atoms with Gasteiger partial charge in [-0.2, -0.15) is 0 Å². The maximum absolute atomic E-state index is 12.3. The number of carbonyl (C=O) groups is 2. The molecule has 0 aliphatic rings. The summed E-state index contributed by atoms with van der Waals surface area (Å²) in [6, 6.07) is 0. The number of hydrogen-bond donors (Lipinski definition) is 0. The number of rotatable bonds is 19. The highest BCUT2D eigenvalue weighted by Gasteiger charge is 2.17. The van der Waals surface area contributed by atoms with Crippen molar-refractivity contribution in [2.75, 3.05) is 32.8 Å². The predicted octanol–water partition coefficient (Wildman–Crippen LogP) is 6.72. The summed E-state index contributed by atoms with van der Waals surface area (Å²) in [6.45, 7) is 16.8. The van der Waals surface area contributed by atoms with E-state index in [1.165, 1.54) is 11.1 Å². The van der Waals surface area contributed by atoms with Gasteiger partial charge in [0.05, 0.1) is 26.3 Å². The zero-order chi connectivity index (χ0) is 25.1. The molecule has 5 heteroatoms. The monoisotopic (exact) mass is 465 g/mol. The van der Waals surface area contributed by atoms with Crippen LogP contribution in [-0.2, 0) is 19.1 Å². The number of carbonyl (C=O) groups excluding carboxylic acids is 2. The van der Waals surface area contributed by atoms with Gasteiger partial charge in [-0.15, -0.1) is 0 Å².